The lowest BCUT2D eigenvalue weighted by atomic mass is 10.3. The van der Waals surface area contributed by atoms with Crippen LogP contribution in [0.15, 0.2) is 36.7 Å². The highest BCUT2D eigenvalue weighted by atomic mass is 16.5. The number of ether oxygens (including phenoxy) is 1. The average Bonchev–Trinajstić information content (AvgIpc) is 3.11. The van der Waals surface area contributed by atoms with E-state index in [0.29, 0.717) is 0 Å². The number of aromatic nitrogens is 2. The van der Waals surface area contributed by atoms with Gasteiger partial charge in [0.1, 0.15) is 30.3 Å². The molecule has 6 heteroatoms. The summed E-state index contributed by atoms with van der Waals surface area (Å²) in [6.07, 6.45) is 4.19. The number of hydrogen-bond donors (Lipinski definition) is 2. The fourth-order valence-corrected chi connectivity index (χ4v) is 2.78. The highest BCUT2D eigenvalue weighted by molar-refractivity contribution is 5.59. The summed E-state index contributed by atoms with van der Waals surface area (Å²) >= 11 is 0. The van der Waals surface area contributed by atoms with Crippen molar-refractivity contribution in [2.24, 2.45) is 0 Å². The first-order chi connectivity index (χ1) is 11.8. The van der Waals surface area contributed by atoms with Crippen LogP contribution in [-0.4, -0.2) is 47.7 Å². The van der Waals surface area contributed by atoms with E-state index in [1.165, 1.54) is 25.9 Å². The van der Waals surface area contributed by atoms with Crippen LogP contribution in [0.3, 0.4) is 0 Å². The number of hydrogen-bond acceptors (Lipinski definition) is 6. The van der Waals surface area contributed by atoms with Gasteiger partial charge in [-0.05, 0) is 57.1 Å². The zero-order valence-corrected chi connectivity index (χ0v) is 14.2. The molecule has 6 nitrogen and oxygen atoms in total. The standard InChI is InChI=1S/C18H25N5O/c1-2-19-17-13-18(21-14-20-17)22-15-5-7-16(8-6-15)24-12-11-23-9-3-4-10-23/h5-8,13-14H,2-4,9-12H2,1H3,(H2,19,20,21,22). The minimum absolute atomic E-state index is 0.741. The first-order valence-electron chi connectivity index (χ1n) is 8.61. The van der Waals surface area contributed by atoms with Crippen molar-refractivity contribution in [1.29, 1.82) is 0 Å². The first kappa shape index (κ1) is 16.5. The maximum atomic E-state index is 5.82. The number of benzene rings is 1. The van der Waals surface area contributed by atoms with E-state index >= 15 is 0 Å². The summed E-state index contributed by atoms with van der Waals surface area (Å²) in [5, 5.41) is 6.45. The topological polar surface area (TPSA) is 62.3 Å². The van der Waals surface area contributed by atoms with Crippen LogP contribution in [0.1, 0.15) is 19.8 Å². The lowest BCUT2D eigenvalue weighted by Crippen LogP contribution is -2.25. The Morgan fingerprint density at radius 2 is 1.83 bits per heavy atom. The van der Waals surface area contributed by atoms with E-state index in [4.69, 9.17) is 4.74 Å². The molecule has 1 aromatic carbocycles. The maximum Gasteiger partial charge on any atom is 0.135 e. The van der Waals surface area contributed by atoms with Gasteiger partial charge in [0.15, 0.2) is 0 Å². The van der Waals surface area contributed by atoms with E-state index in [1.807, 2.05) is 37.3 Å². The summed E-state index contributed by atoms with van der Waals surface area (Å²) in [6.45, 7) is 7.04. The second kappa shape index (κ2) is 8.49. The summed E-state index contributed by atoms with van der Waals surface area (Å²) in [4.78, 5) is 10.9. The van der Waals surface area contributed by atoms with Crippen LogP contribution >= 0.6 is 0 Å². The van der Waals surface area contributed by atoms with E-state index in [1.54, 1.807) is 6.33 Å². The van der Waals surface area contributed by atoms with Crippen LogP contribution in [0, 0.1) is 0 Å². The van der Waals surface area contributed by atoms with Crippen molar-refractivity contribution in [3.8, 4) is 5.75 Å². The Labute approximate surface area is 143 Å². The molecule has 128 valence electrons. The Bertz CT molecular complexity index is 626. The number of nitrogens with zero attached hydrogens (tertiary/aromatic N) is 3. The number of likely N-dealkylation sites (tertiary alicyclic amines) is 1. The summed E-state index contributed by atoms with van der Waals surface area (Å²) < 4.78 is 5.82. The summed E-state index contributed by atoms with van der Waals surface area (Å²) in [6, 6.07) is 9.86. The fourth-order valence-electron chi connectivity index (χ4n) is 2.78. The van der Waals surface area contributed by atoms with Gasteiger partial charge in [-0.1, -0.05) is 0 Å². The van der Waals surface area contributed by atoms with Crippen molar-refractivity contribution in [1.82, 2.24) is 14.9 Å². The Balaban J connectivity index is 1.49. The molecule has 24 heavy (non-hydrogen) atoms. The van der Waals surface area contributed by atoms with Crippen LogP contribution in [0.4, 0.5) is 17.3 Å². The van der Waals surface area contributed by atoms with Crippen LogP contribution in [0.2, 0.25) is 0 Å². The molecule has 1 aliphatic rings. The van der Waals surface area contributed by atoms with E-state index < -0.39 is 0 Å². The van der Waals surface area contributed by atoms with E-state index in [9.17, 15) is 0 Å². The van der Waals surface area contributed by atoms with Crippen LogP contribution in [0.25, 0.3) is 0 Å². The van der Waals surface area contributed by atoms with E-state index in [2.05, 4.69) is 25.5 Å². The second-order valence-electron chi connectivity index (χ2n) is 5.87. The fraction of sp³-hybridized carbons (Fsp3) is 0.444. The van der Waals surface area contributed by atoms with E-state index in [-0.39, 0.29) is 0 Å². The van der Waals surface area contributed by atoms with Gasteiger partial charge < -0.3 is 15.4 Å². The molecule has 0 spiro atoms. The normalized spacial score (nSPS) is 14.5. The molecule has 1 aromatic heterocycles. The Morgan fingerprint density at radius 1 is 1.08 bits per heavy atom. The zero-order valence-electron chi connectivity index (χ0n) is 14.2. The molecule has 0 radical (unpaired) electrons. The van der Waals surface area contributed by atoms with Crippen molar-refractivity contribution in [3.05, 3.63) is 36.7 Å². The van der Waals surface area contributed by atoms with Gasteiger partial charge in [-0.3, -0.25) is 4.90 Å². The third-order valence-electron chi connectivity index (χ3n) is 4.03. The smallest absolute Gasteiger partial charge is 0.135 e. The molecule has 1 fully saturated rings. The number of rotatable bonds is 8. The molecule has 0 bridgehead atoms. The molecule has 0 aliphatic carbocycles. The third-order valence-corrected chi connectivity index (χ3v) is 4.03. The highest BCUT2D eigenvalue weighted by Gasteiger charge is 2.10. The molecule has 1 aliphatic heterocycles. The summed E-state index contributed by atoms with van der Waals surface area (Å²) in [7, 11) is 0. The van der Waals surface area contributed by atoms with Gasteiger partial charge in [0, 0.05) is 24.8 Å². The van der Waals surface area contributed by atoms with Crippen molar-refractivity contribution in [2.45, 2.75) is 19.8 Å². The van der Waals surface area contributed by atoms with Crippen molar-refractivity contribution in [3.63, 3.8) is 0 Å². The second-order valence-corrected chi connectivity index (χ2v) is 5.87. The molecular formula is C18H25N5O. The van der Waals surface area contributed by atoms with Gasteiger partial charge in [0.25, 0.3) is 0 Å². The van der Waals surface area contributed by atoms with Crippen molar-refractivity contribution >= 4 is 17.3 Å². The average molecular weight is 327 g/mol. The summed E-state index contributed by atoms with van der Waals surface area (Å²) in [5.41, 5.74) is 0.975. The minimum atomic E-state index is 0.741. The molecule has 0 unspecified atom stereocenters. The van der Waals surface area contributed by atoms with Gasteiger partial charge in [-0.15, -0.1) is 0 Å². The lowest BCUT2D eigenvalue weighted by Gasteiger charge is -2.15. The quantitative estimate of drug-likeness (QED) is 0.777. The van der Waals surface area contributed by atoms with Crippen molar-refractivity contribution in [2.75, 3.05) is 43.4 Å². The lowest BCUT2D eigenvalue weighted by molar-refractivity contribution is 0.238. The first-order valence-corrected chi connectivity index (χ1v) is 8.61. The van der Waals surface area contributed by atoms with Gasteiger partial charge >= 0.3 is 0 Å². The Morgan fingerprint density at radius 3 is 2.58 bits per heavy atom. The third kappa shape index (κ3) is 4.83. The molecule has 1 saturated heterocycles. The van der Waals surface area contributed by atoms with Crippen LogP contribution in [0.5, 0.6) is 5.75 Å². The van der Waals surface area contributed by atoms with Crippen molar-refractivity contribution < 1.29 is 4.74 Å². The zero-order chi connectivity index (χ0) is 16.6. The van der Waals surface area contributed by atoms with Gasteiger partial charge in [0.2, 0.25) is 0 Å². The Hall–Kier alpha value is -2.34. The largest absolute Gasteiger partial charge is 0.492 e. The predicted molar refractivity (Wildman–Crippen MR) is 97.1 cm³/mol. The minimum Gasteiger partial charge on any atom is -0.492 e. The molecule has 0 amide bonds. The predicted octanol–water partition coefficient (Wildman–Crippen LogP) is 3.13. The van der Waals surface area contributed by atoms with Gasteiger partial charge in [-0.2, -0.15) is 0 Å². The summed E-state index contributed by atoms with van der Waals surface area (Å²) in [5.74, 6) is 2.48. The van der Waals surface area contributed by atoms with Crippen LogP contribution < -0.4 is 15.4 Å². The van der Waals surface area contributed by atoms with Gasteiger partial charge in [0.05, 0.1) is 0 Å². The number of nitrogens with one attached hydrogen (secondary N) is 2. The van der Waals surface area contributed by atoms with E-state index in [0.717, 1.165) is 42.8 Å². The molecule has 2 N–H and O–H groups in total. The monoisotopic (exact) mass is 327 g/mol. The highest BCUT2D eigenvalue weighted by Crippen LogP contribution is 2.20. The van der Waals surface area contributed by atoms with Crippen LogP contribution in [-0.2, 0) is 0 Å². The molecule has 0 atom stereocenters. The molecule has 2 aromatic rings. The SMILES string of the molecule is CCNc1cc(Nc2ccc(OCCN3CCCC3)cc2)ncn1. The maximum absolute atomic E-state index is 5.82. The van der Waals surface area contributed by atoms with Gasteiger partial charge in [-0.25, -0.2) is 9.97 Å². The number of anilines is 3. The Kier molecular flexibility index (Phi) is 5.85. The molecule has 0 saturated carbocycles. The molecule has 3 rings (SSSR count). The molecular weight excluding hydrogens is 302 g/mol. The molecule has 2 heterocycles.